The third-order valence-electron chi connectivity index (χ3n) is 2.96. The second-order valence-corrected chi connectivity index (χ2v) is 3.92. The fourth-order valence-electron chi connectivity index (χ4n) is 1.80. The Labute approximate surface area is 90.9 Å². The highest BCUT2D eigenvalue weighted by molar-refractivity contribution is 5.85. The van der Waals surface area contributed by atoms with Crippen molar-refractivity contribution in [3.63, 3.8) is 0 Å². The summed E-state index contributed by atoms with van der Waals surface area (Å²) in [6.07, 6.45) is 4.74. The van der Waals surface area contributed by atoms with Crippen LogP contribution in [0.4, 0.5) is 0 Å². The van der Waals surface area contributed by atoms with Gasteiger partial charge in [-0.25, -0.2) is 0 Å². The van der Waals surface area contributed by atoms with Gasteiger partial charge in [0, 0.05) is 18.8 Å². The first-order valence-electron chi connectivity index (χ1n) is 5.16. The number of aliphatic imine (C=N–C) groups is 1. The normalized spacial score (nSPS) is 14.1. The first-order valence-corrected chi connectivity index (χ1v) is 5.16. The Hall–Kier alpha value is -1.63. The fourth-order valence-corrected chi connectivity index (χ4v) is 1.80. The molecule has 0 bridgehead atoms. The monoisotopic (exact) mass is 197 g/mol. The van der Waals surface area contributed by atoms with Gasteiger partial charge in [0.05, 0.1) is 0 Å². The van der Waals surface area contributed by atoms with Crippen molar-refractivity contribution in [2.75, 3.05) is 0 Å². The maximum absolute atomic E-state index is 4.16. The predicted molar refractivity (Wildman–Crippen MR) is 66.1 cm³/mol. The minimum Gasteiger partial charge on any atom is -0.268 e. The van der Waals surface area contributed by atoms with Crippen LogP contribution >= 0.6 is 0 Å². The number of allylic oxidation sites excluding steroid dienone is 2. The molecule has 0 atom stereocenters. The van der Waals surface area contributed by atoms with Gasteiger partial charge in [0.1, 0.15) is 0 Å². The number of rotatable bonds is 2. The number of hydrogen-bond acceptors (Lipinski definition) is 1. The lowest BCUT2D eigenvalue weighted by molar-refractivity contribution is 1.30. The van der Waals surface area contributed by atoms with E-state index in [-0.39, 0.29) is 0 Å². The number of aryl methyl sites for hydroxylation is 1. The van der Waals surface area contributed by atoms with Crippen molar-refractivity contribution < 1.29 is 0 Å². The average molecular weight is 197 g/mol. The second kappa shape index (κ2) is 3.85. The fraction of sp³-hybridized carbons (Fsp3) is 0.214. The first kappa shape index (κ1) is 9.91. The van der Waals surface area contributed by atoms with E-state index < -0.39 is 0 Å². The van der Waals surface area contributed by atoms with Gasteiger partial charge >= 0.3 is 0 Å². The summed E-state index contributed by atoms with van der Waals surface area (Å²) in [7, 11) is 0. The number of hydrogen-bond donors (Lipinski definition) is 0. The van der Waals surface area contributed by atoms with Crippen molar-refractivity contribution in [3.05, 3.63) is 53.2 Å². The van der Waals surface area contributed by atoms with Crippen LogP contribution in [0, 0.1) is 13.8 Å². The predicted octanol–water partition coefficient (Wildman–Crippen LogP) is 3.68. The molecule has 0 fully saturated rings. The summed E-state index contributed by atoms with van der Waals surface area (Å²) in [6, 6.07) is 6.34. The molecule has 0 spiro atoms. The van der Waals surface area contributed by atoms with Gasteiger partial charge < -0.3 is 0 Å². The van der Waals surface area contributed by atoms with Crippen molar-refractivity contribution in [2.45, 2.75) is 20.3 Å². The third kappa shape index (κ3) is 1.78. The van der Waals surface area contributed by atoms with Gasteiger partial charge in [-0.05, 0) is 41.7 Å². The van der Waals surface area contributed by atoms with Gasteiger partial charge in [-0.3, -0.25) is 4.99 Å². The zero-order valence-corrected chi connectivity index (χ0v) is 9.25. The topological polar surface area (TPSA) is 12.4 Å². The Morgan fingerprint density at radius 3 is 2.80 bits per heavy atom. The molecule has 0 radical (unpaired) electrons. The molecule has 1 aliphatic heterocycles. The van der Waals surface area contributed by atoms with Crippen LogP contribution in [0.2, 0.25) is 0 Å². The van der Waals surface area contributed by atoms with Crippen LogP contribution in [0.15, 0.2) is 41.5 Å². The molecule has 15 heavy (non-hydrogen) atoms. The second-order valence-electron chi connectivity index (χ2n) is 3.92. The van der Waals surface area contributed by atoms with E-state index in [4.69, 9.17) is 0 Å². The molecule has 1 aliphatic rings. The number of benzene rings is 1. The van der Waals surface area contributed by atoms with Crippen molar-refractivity contribution in [1.82, 2.24) is 0 Å². The summed E-state index contributed by atoms with van der Waals surface area (Å²) in [6.45, 7) is 8.44. The molecule has 0 aromatic heterocycles. The maximum Gasteiger partial charge on any atom is 0.0305 e. The minimum atomic E-state index is 0.909. The summed E-state index contributed by atoms with van der Waals surface area (Å²) >= 11 is 0. The zero-order valence-electron chi connectivity index (χ0n) is 9.25. The highest BCUT2D eigenvalue weighted by Gasteiger charge is 2.10. The molecule has 0 saturated heterocycles. The summed E-state index contributed by atoms with van der Waals surface area (Å²) in [4.78, 5) is 4.12. The van der Waals surface area contributed by atoms with Gasteiger partial charge in [-0.1, -0.05) is 24.8 Å². The van der Waals surface area contributed by atoms with E-state index in [0.717, 1.165) is 12.0 Å². The van der Waals surface area contributed by atoms with Crippen LogP contribution < -0.4 is 0 Å². The van der Waals surface area contributed by atoms with Crippen molar-refractivity contribution in [2.24, 2.45) is 4.99 Å². The molecule has 1 aromatic carbocycles. The molecule has 0 aliphatic carbocycles. The van der Waals surface area contributed by atoms with Crippen LogP contribution in [0.5, 0.6) is 0 Å². The molecule has 0 N–H and O–H groups in total. The molecule has 0 unspecified atom stereocenters. The smallest absolute Gasteiger partial charge is 0.0305 e. The van der Waals surface area contributed by atoms with E-state index in [1.807, 2.05) is 12.4 Å². The number of nitrogens with zero attached hydrogens (tertiary/aromatic N) is 1. The van der Waals surface area contributed by atoms with Gasteiger partial charge in [-0.15, -0.1) is 0 Å². The van der Waals surface area contributed by atoms with Crippen molar-refractivity contribution in [3.8, 4) is 0 Å². The van der Waals surface area contributed by atoms with Crippen LogP contribution in [-0.2, 0) is 0 Å². The molecule has 0 saturated carbocycles. The largest absolute Gasteiger partial charge is 0.268 e. The van der Waals surface area contributed by atoms with E-state index in [0.29, 0.717) is 0 Å². The molecule has 76 valence electrons. The molecule has 1 aromatic rings. The summed E-state index contributed by atoms with van der Waals surface area (Å²) < 4.78 is 0. The highest BCUT2D eigenvalue weighted by atomic mass is 14.7. The Morgan fingerprint density at radius 2 is 2.13 bits per heavy atom. The van der Waals surface area contributed by atoms with Gasteiger partial charge in [0.25, 0.3) is 0 Å². The molecular weight excluding hydrogens is 182 g/mol. The van der Waals surface area contributed by atoms with E-state index in [1.54, 1.807) is 0 Å². The zero-order chi connectivity index (χ0) is 10.8. The third-order valence-corrected chi connectivity index (χ3v) is 2.96. The Bertz CT molecular complexity index is 464. The lowest BCUT2D eigenvalue weighted by Crippen LogP contribution is -1.93. The maximum atomic E-state index is 4.16. The van der Waals surface area contributed by atoms with Gasteiger partial charge in [-0.2, -0.15) is 0 Å². The molecule has 1 nitrogen and oxygen atoms in total. The Morgan fingerprint density at radius 1 is 1.33 bits per heavy atom. The van der Waals surface area contributed by atoms with Crippen LogP contribution in [0.25, 0.3) is 5.57 Å². The molecule has 2 rings (SSSR count). The average Bonchev–Trinajstić information content (AvgIpc) is 2.74. The summed E-state index contributed by atoms with van der Waals surface area (Å²) in [5.41, 5.74) is 6.20. The lowest BCUT2D eigenvalue weighted by Gasteiger charge is -2.11. The quantitative estimate of drug-likeness (QED) is 0.686. The van der Waals surface area contributed by atoms with E-state index in [1.165, 1.54) is 22.3 Å². The Kier molecular flexibility index (Phi) is 2.55. The van der Waals surface area contributed by atoms with E-state index in [9.17, 15) is 0 Å². The summed E-state index contributed by atoms with van der Waals surface area (Å²) in [5, 5.41) is 0. The summed E-state index contributed by atoms with van der Waals surface area (Å²) in [5.74, 6) is 0. The molecule has 0 amide bonds. The van der Waals surface area contributed by atoms with E-state index in [2.05, 4.69) is 43.6 Å². The Balaban J connectivity index is 2.38. The molecular formula is C14H15N. The van der Waals surface area contributed by atoms with Gasteiger partial charge in [0.2, 0.25) is 0 Å². The SMILES string of the molecule is C=C(C1=CN=CC1)c1cccc(C)c1C. The van der Waals surface area contributed by atoms with Crippen molar-refractivity contribution in [1.29, 1.82) is 0 Å². The van der Waals surface area contributed by atoms with E-state index >= 15 is 0 Å². The van der Waals surface area contributed by atoms with Crippen LogP contribution in [0.3, 0.4) is 0 Å². The molecule has 1 heterocycles. The van der Waals surface area contributed by atoms with Crippen LogP contribution in [0.1, 0.15) is 23.1 Å². The van der Waals surface area contributed by atoms with Gasteiger partial charge in [0.15, 0.2) is 0 Å². The lowest BCUT2D eigenvalue weighted by atomic mass is 9.93. The molecule has 1 heteroatoms. The minimum absolute atomic E-state index is 0.909. The standard InChI is InChI=1S/C14H15N/c1-10-5-4-6-14(11(10)2)12(3)13-7-8-15-9-13/h4-6,8-9H,3,7H2,1-2H3. The highest BCUT2D eigenvalue weighted by Crippen LogP contribution is 2.28. The van der Waals surface area contributed by atoms with Crippen LogP contribution in [-0.4, -0.2) is 6.21 Å². The first-order chi connectivity index (χ1) is 7.20. The van der Waals surface area contributed by atoms with Crippen molar-refractivity contribution >= 4 is 11.8 Å².